The lowest BCUT2D eigenvalue weighted by Gasteiger charge is -2.23. The van der Waals surface area contributed by atoms with E-state index in [2.05, 4.69) is 20.2 Å². The van der Waals surface area contributed by atoms with Crippen LogP contribution in [0.2, 0.25) is 0 Å². The molecule has 4 rings (SSSR count). The number of nitrogens with one attached hydrogen (secondary N) is 1. The first kappa shape index (κ1) is 12.5. The van der Waals surface area contributed by atoms with Gasteiger partial charge in [-0.25, -0.2) is 0 Å². The third-order valence-corrected chi connectivity index (χ3v) is 4.45. The van der Waals surface area contributed by atoms with Crippen molar-refractivity contribution >= 4 is 5.91 Å². The van der Waals surface area contributed by atoms with Crippen LogP contribution in [0.4, 0.5) is 0 Å². The smallest absolute Gasteiger partial charge is 0.275 e. The lowest BCUT2D eigenvalue weighted by Crippen LogP contribution is -2.32. The van der Waals surface area contributed by atoms with Crippen molar-refractivity contribution in [3.63, 3.8) is 0 Å². The maximum absolute atomic E-state index is 12.8. The summed E-state index contributed by atoms with van der Waals surface area (Å²) in [5, 5.41) is 7.28. The molecule has 0 saturated carbocycles. The van der Waals surface area contributed by atoms with Crippen LogP contribution in [-0.4, -0.2) is 37.5 Å². The van der Waals surface area contributed by atoms with Gasteiger partial charge in [-0.3, -0.25) is 19.9 Å². The monoisotopic (exact) mass is 283 g/mol. The molecule has 0 radical (unpaired) electrons. The highest BCUT2D eigenvalue weighted by Gasteiger charge is 2.34. The lowest BCUT2D eigenvalue weighted by molar-refractivity contribution is 0.0725. The Morgan fingerprint density at radius 2 is 2.24 bits per heavy atom. The van der Waals surface area contributed by atoms with Crippen molar-refractivity contribution in [1.29, 1.82) is 0 Å². The standard InChI is InChI=1S/C15H17N5O/c21-15(14-10-3-1-4-11(10)18-19-14)20-8-2-5-13(20)12-9-16-6-7-17-12/h6-7,9,13H,1-5,8H2,(H,18,19)/t13-/m0/s1. The Balaban J connectivity index is 1.64. The number of amides is 1. The first-order chi connectivity index (χ1) is 10.3. The zero-order chi connectivity index (χ0) is 14.2. The molecule has 6 nitrogen and oxygen atoms in total. The Morgan fingerprint density at radius 3 is 3.10 bits per heavy atom. The maximum Gasteiger partial charge on any atom is 0.275 e. The highest BCUT2D eigenvalue weighted by molar-refractivity contribution is 5.94. The molecule has 21 heavy (non-hydrogen) atoms. The third kappa shape index (κ3) is 2.02. The number of carbonyl (C=O) groups is 1. The van der Waals surface area contributed by atoms with Crippen LogP contribution in [0.25, 0.3) is 0 Å². The summed E-state index contributed by atoms with van der Waals surface area (Å²) in [6.45, 7) is 0.766. The molecule has 1 aliphatic carbocycles. The number of fused-ring (bicyclic) bond motifs is 1. The van der Waals surface area contributed by atoms with Crippen molar-refractivity contribution in [3.05, 3.63) is 41.2 Å². The highest BCUT2D eigenvalue weighted by Crippen LogP contribution is 2.33. The van der Waals surface area contributed by atoms with Gasteiger partial charge in [-0.15, -0.1) is 0 Å². The molecule has 108 valence electrons. The van der Waals surface area contributed by atoms with E-state index in [4.69, 9.17) is 0 Å². The topological polar surface area (TPSA) is 74.8 Å². The van der Waals surface area contributed by atoms with Crippen LogP contribution in [0.3, 0.4) is 0 Å². The predicted molar refractivity (Wildman–Crippen MR) is 75.7 cm³/mol. The van der Waals surface area contributed by atoms with Crippen LogP contribution in [0.15, 0.2) is 18.6 Å². The van der Waals surface area contributed by atoms with Gasteiger partial charge in [-0.1, -0.05) is 0 Å². The Labute approximate surface area is 122 Å². The summed E-state index contributed by atoms with van der Waals surface area (Å²) < 4.78 is 0. The normalized spacial score (nSPS) is 20.8. The number of hydrogen-bond acceptors (Lipinski definition) is 4. The van der Waals surface area contributed by atoms with E-state index in [1.54, 1.807) is 18.6 Å². The minimum atomic E-state index is 0.0277. The van der Waals surface area contributed by atoms with Crippen LogP contribution in [0.1, 0.15) is 52.7 Å². The number of hydrogen-bond donors (Lipinski definition) is 1. The number of likely N-dealkylation sites (tertiary alicyclic amines) is 1. The van der Waals surface area contributed by atoms with Crippen molar-refractivity contribution in [1.82, 2.24) is 25.1 Å². The SMILES string of the molecule is O=C(c1n[nH]c2c1CCC2)N1CCC[C@H]1c1cnccn1. The second-order valence-corrected chi connectivity index (χ2v) is 5.67. The second kappa shape index (κ2) is 4.95. The fourth-order valence-corrected chi connectivity index (χ4v) is 3.43. The number of H-pyrrole nitrogens is 1. The van der Waals surface area contributed by atoms with Gasteiger partial charge in [0, 0.05) is 30.2 Å². The van der Waals surface area contributed by atoms with Crippen LogP contribution in [0.5, 0.6) is 0 Å². The van der Waals surface area contributed by atoms with Gasteiger partial charge in [0.25, 0.3) is 5.91 Å². The molecule has 3 heterocycles. The third-order valence-electron chi connectivity index (χ3n) is 4.45. The fraction of sp³-hybridized carbons (Fsp3) is 0.467. The van der Waals surface area contributed by atoms with E-state index in [-0.39, 0.29) is 11.9 Å². The van der Waals surface area contributed by atoms with Gasteiger partial charge in [-0.2, -0.15) is 5.10 Å². The number of aromatic nitrogens is 4. The predicted octanol–water partition coefficient (Wildman–Crippen LogP) is 1.67. The van der Waals surface area contributed by atoms with Gasteiger partial charge in [0.05, 0.1) is 17.9 Å². The van der Waals surface area contributed by atoms with E-state index in [0.29, 0.717) is 5.69 Å². The largest absolute Gasteiger partial charge is 0.329 e. The fourth-order valence-electron chi connectivity index (χ4n) is 3.43. The van der Waals surface area contributed by atoms with Gasteiger partial charge in [0.2, 0.25) is 0 Å². The molecule has 1 saturated heterocycles. The van der Waals surface area contributed by atoms with Gasteiger partial charge >= 0.3 is 0 Å². The molecule has 0 aromatic carbocycles. The van der Waals surface area contributed by atoms with Crippen molar-refractivity contribution in [3.8, 4) is 0 Å². The number of aryl methyl sites for hydroxylation is 1. The van der Waals surface area contributed by atoms with Crippen LogP contribution < -0.4 is 0 Å². The Hall–Kier alpha value is -2.24. The summed E-state index contributed by atoms with van der Waals surface area (Å²) in [5.74, 6) is 0.0301. The molecule has 1 atom stereocenters. The molecule has 0 unspecified atom stereocenters. The zero-order valence-electron chi connectivity index (χ0n) is 11.7. The van der Waals surface area contributed by atoms with Crippen molar-refractivity contribution in [2.24, 2.45) is 0 Å². The van der Waals surface area contributed by atoms with Crippen LogP contribution in [0, 0.1) is 0 Å². The molecule has 1 N–H and O–H groups in total. The molecule has 0 spiro atoms. The Kier molecular flexibility index (Phi) is 2.94. The van der Waals surface area contributed by atoms with E-state index in [9.17, 15) is 4.79 Å². The van der Waals surface area contributed by atoms with Crippen molar-refractivity contribution < 1.29 is 4.79 Å². The van der Waals surface area contributed by atoms with Gasteiger partial charge in [0.1, 0.15) is 0 Å². The molecule has 6 heteroatoms. The minimum Gasteiger partial charge on any atom is -0.329 e. The van der Waals surface area contributed by atoms with Crippen LogP contribution in [-0.2, 0) is 12.8 Å². The molecule has 2 aromatic heterocycles. The van der Waals surface area contributed by atoms with E-state index >= 15 is 0 Å². The molecule has 0 bridgehead atoms. The molecule has 1 fully saturated rings. The lowest BCUT2D eigenvalue weighted by atomic mass is 10.1. The number of aromatic amines is 1. The van der Waals surface area contributed by atoms with Crippen LogP contribution >= 0.6 is 0 Å². The van der Waals surface area contributed by atoms with Crippen molar-refractivity contribution in [2.45, 2.75) is 38.1 Å². The Bertz CT molecular complexity index is 666. The number of carbonyl (C=O) groups excluding carboxylic acids is 1. The summed E-state index contributed by atoms with van der Waals surface area (Å²) in [6.07, 6.45) is 10.1. The van der Waals surface area contributed by atoms with E-state index in [0.717, 1.165) is 55.6 Å². The molecule has 2 aliphatic rings. The Morgan fingerprint density at radius 1 is 1.29 bits per heavy atom. The summed E-state index contributed by atoms with van der Waals surface area (Å²) in [7, 11) is 0. The number of nitrogens with zero attached hydrogens (tertiary/aromatic N) is 4. The van der Waals surface area contributed by atoms with Crippen molar-refractivity contribution in [2.75, 3.05) is 6.54 Å². The quantitative estimate of drug-likeness (QED) is 0.909. The molecular weight excluding hydrogens is 266 g/mol. The molecular formula is C15H17N5O. The first-order valence-electron chi connectivity index (χ1n) is 7.47. The van der Waals surface area contributed by atoms with Gasteiger partial charge < -0.3 is 4.90 Å². The summed E-state index contributed by atoms with van der Waals surface area (Å²) in [4.78, 5) is 23.2. The summed E-state index contributed by atoms with van der Waals surface area (Å²) >= 11 is 0. The molecule has 1 amide bonds. The van der Waals surface area contributed by atoms with E-state index in [1.165, 1.54) is 0 Å². The average molecular weight is 283 g/mol. The molecule has 1 aliphatic heterocycles. The zero-order valence-corrected chi connectivity index (χ0v) is 11.7. The average Bonchev–Trinajstić information content (AvgIpc) is 3.23. The maximum atomic E-state index is 12.8. The summed E-state index contributed by atoms with van der Waals surface area (Å²) in [6, 6.07) is 0.0277. The molecule has 2 aromatic rings. The van der Waals surface area contributed by atoms with E-state index in [1.807, 2.05) is 4.90 Å². The van der Waals surface area contributed by atoms with E-state index < -0.39 is 0 Å². The highest BCUT2D eigenvalue weighted by atomic mass is 16.2. The first-order valence-corrected chi connectivity index (χ1v) is 7.47. The minimum absolute atomic E-state index is 0.0277. The van der Waals surface area contributed by atoms with Gasteiger partial charge in [0.15, 0.2) is 5.69 Å². The second-order valence-electron chi connectivity index (χ2n) is 5.67. The van der Waals surface area contributed by atoms with Gasteiger partial charge in [-0.05, 0) is 32.1 Å². The number of rotatable bonds is 2. The summed E-state index contributed by atoms with van der Waals surface area (Å²) in [5.41, 5.74) is 3.73.